The summed E-state index contributed by atoms with van der Waals surface area (Å²) in [6, 6.07) is 12.6. The summed E-state index contributed by atoms with van der Waals surface area (Å²) in [5, 5.41) is 5.74. The molecule has 0 atom stereocenters. The fourth-order valence-electron chi connectivity index (χ4n) is 4.68. The van der Waals surface area contributed by atoms with Crippen molar-refractivity contribution in [1.82, 2.24) is 4.90 Å². The van der Waals surface area contributed by atoms with E-state index in [4.69, 9.17) is 28.4 Å². The van der Waals surface area contributed by atoms with Gasteiger partial charge in [0.1, 0.15) is 0 Å². The number of ether oxygens (including phenoxy) is 6. The van der Waals surface area contributed by atoms with Crippen LogP contribution in [0.2, 0.25) is 0 Å². The predicted octanol–water partition coefficient (Wildman–Crippen LogP) is 6.22. The molecule has 0 heterocycles. The number of nitrogens with one attached hydrogen (secondary N) is 2. The first-order valence-electron chi connectivity index (χ1n) is 14.8. The van der Waals surface area contributed by atoms with Crippen LogP contribution in [-0.2, 0) is 16.1 Å². The van der Waals surface area contributed by atoms with Crippen LogP contribution in [0.25, 0.3) is 12.2 Å². The Bertz CT molecular complexity index is 1530. The van der Waals surface area contributed by atoms with Crippen LogP contribution >= 0.6 is 0 Å². The molecule has 11 nitrogen and oxygen atoms in total. The molecule has 0 radical (unpaired) electrons. The lowest BCUT2D eigenvalue weighted by Gasteiger charge is -2.14. The Morgan fingerprint density at radius 2 is 0.938 bits per heavy atom. The van der Waals surface area contributed by atoms with Crippen molar-refractivity contribution in [2.45, 2.75) is 6.54 Å². The molecule has 0 unspecified atom stereocenters. The molecule has 0 aliphatic carbocycles. The molecule has 2 amide bonds. The Hall–Kier alpha value is -5.68. The molecule has 2 N–H and O–H groups in total. The smallest absolute Gasteiger partial charge is 0.248 e. The highest BCUT2D eigenvalue weighted by molar-refractivity contribution is 6.02. The number of carbonyl (C=O) groups is 2. The molecule has 254 valence electrons. The topological polar surface area (TPSA) is 117 Å². The Morgan fingerprint density at radius 1 is 0.562 bits per heavy atom. The van der Waals surface area contributed by atoms with E-state index in [1.165, 1.54) is 12.2 Å². The van der Waals surface area contributed by atoms with Gasteiger partial charge in [-0.1, -0.05) is 36.5 Å². The average Bonchev–Trinajstić information content (AvgIpc) is 3.06. The van der Waals surface area contributed by atoms with E-state index in [0.717, 1.165) is 16.7 Å². The molecule has 3 rings (SSSR count). The zero-order chi connectivity index (χ0) is 35.1. The van der Waals surface area contributed by atoms with Gasteiger partial charge in [-0.05, 0) is 73.3 Å². The second kappa shape index (κ2) is 18.5. The van der Waals surface area contributed by atoms with Gasteiger partial charge in [0.25, 0.3) is 0 Å². The number of anilines is 2. The van der Waals surface area contributed by atoms with Gasteiger partial charge in [0.15, 0.2) is 23.0 Å². The zero-order valence-electron chi connectivity index (χ0n) is 28.6. The van der Waals surface area contributed by atoms with E-state index in [9.17, 15) is 9.59 Å². The molecule has 0 fully saturated rings. The Balaban J connectivity index is 1.69. The van der Waals surface area contributed by atoms with Gasteiger partial charge in [-0.2, -0.15) is 0 Å². The summed E-state index contributed by atoms with van der Waals surface area (Å²) in [5.74, 6) is 2.45. The maximum absolute atomic E-state index is 12.8. The molecule has 0 aliphatic rings. The van der Waals surface area contributed by atoms with E-state index in [1.807, 2.05) is 43.3 Å². The minimum Gasteiger partial charge on any atom is -0.493 e. The minimum atomic E-state index is -0.333. The number of hydrogen-bond donors (Lipinski definition) is 2. The van der Waals surface area contributed by atoms with Crippen molar-refractivity contribution in [3.8, 4) is 34.5 Å². The number of nitrogens with zero attached hydrogens (tertiary/aromatic N) is 1. The minimum absolute atomic E-state index is 0.333. The third-order valence-electron chi connectivity index (χ3n) is 6.70. The molecule has 0 aromatic heterocycles. The highest BCUT2D eigenvalue weighted by Crippen LogP contribution is 2.39. The number of benzene rings is 3. The van der Waals surface area contributed by atoms with E-state index in [1.54, 1.807) is 97.3 Å². The van der Waals surface area contributed by atoms with E-state index in [-0.39, 0.29) is 11.8 Å². The molecule has 0 spiro atoms. The molecule has 11 heteroatoms. The molecule has 0 saturated heterocycles. The summed E-state index contributed by atoms with van der Waals surface area (Å²) < 4.78 is 32.3. The second-order valence-corrected chi connectivity index (χ2v) is 10.5. The quantitative estimate of drug-likeness (QED) is 0.137. The van der Waals surface area contributed by atoms with Crippen molar-refractivity contribution in [2.75, 3.05) is 67.4 Å². The molecule has 0 bridgehead atoms. The lowest BCUT2D eigenvalue weighted by molar-refractivity contribution is -0.112. The van der Waals surface area contributed by atoms with Gasteiger partial charge in [0.05, 0.1) is 42.7 Å². The maximum Gasteiger partial charge on any atom is 0.248 e. The van der Waals surface area contributed by atoms with Crippen molar-refractivity contribution in [3.05, 3.63) is 95.6 Å². The van der Waals surface area contributed by atoms with Crippen LogP contribution in [0.15, 0.2) is 78.9 Å². The van der Waals surface area contributed by atoms with Crippen molar-refractivity contribution < 1.29 is 38.0 Å². The summed E-state index contributed by atoms with van der Waals surface area (Å²) in [7, 11) is 13.2. The van der Waals surface area contributed by atoms with E-state index in [2.05, 4.69) is 10.6 Å². The number of methoxy groups -OCH3 is 6. The van der Waals surface area contributed by atoms with Gasteiger partial charge in [-0.3, -0.25) is 9.59 Å². The summed E-state index contributed by atoms with van der Waals surface area (Å²) in [6.45, 7) is 0.604. The number of amides is 2. The fraction of sp³-hybridized carbons (Fsp3) is 0.243. The zero-order valence-corrected chi connectivity index (χ0v) is 28.6. The molecule has 0 saturated carbocycles. The summed E-state index contributed by atoms with van der Waals surface area (Å²) >= 11 is 0. The normalized spacial score (nSPS) is 11.4. The lowest BCUT2D eigenvalue weighted by Crippen LogP contribution is -2.14. The Labute approximate surface area is 282 Å². The van der Waals surface area contributed by atoms with Crippen LogP contribution in [0.1, 0.15) is 16.7 Å². The van der Waals surface area contributed by atoms with Gasteiger partial charge in [-0.15, -0.1) is 0 Å². The summed E-state index contributed by atoms with van der Waals surface area (Å²) in [5.41, 5.74) is 3.60. The molecule has 0 aliphatic heterocycles. The number of hydrogen-bond acceptors (Lipinski definition) is 9. The largest absolute Gasteiger partial charge is 0.493 e. The Morgan fingerprint density at radius 3 is 1.25 bits per heavy atom. The predicted molar refractivity (Wildman–Crippen MR) is 190 cm³/mol. The van der Waals surface area contributed by atoms with Crippen LogP contribution in [0, 0.1) is 0 Å². The van der Waals surface area contributed by atoms with Gasteiger partial charge in [0, 0.05) is 30.1 Å². The van der Waals surface area contributed by atoms with Crippen LogP contribution in [-0.4, -0.2) is 73.5 Å². The molecule has 3 aromatic rings. The van der Waals surface area contributed by atoms with Crippen molar-refractivity contribution in [1.29, 1.82) is 0 Å². The maximum atomic E-state index is 12.8. The lowest BCUT2D eigenvalue weighted by atomic mass is 10.1. The Kier molecular flexibility index (Phi) is 14.1. The van der Waals surface area contributed by atoms with E-state index in [0.29, 0.717) is 52.4 Å². The SMILES string of the molecule is COc1cc(/C=C/C=C/C(=O)Nc2cc(CN(C)C)cc(NC(=O)/C=C/C=C/c3cc(OC)c(OC)c(OC)c3)c2)cc(OC)c1OC. The molecular formula is C37H43N3O8. The highest BCUT2D eigenvalue weighted by atomic mass is 16.5. The van der Waals surface area contributed by atoms with Crippen molar-refractivity contribution in [2.24, 2.45) is 0 Å². The van der Waals surface area contributed by atoms with Gasteiger partial charge in [-0.25, -0.2) is 0 Å². The third kappa shape index (κ3) is 10.7. The first-order valence-corrected chi connectivity index (χ1v) is 14.8. The molecular weight excluding hydrogens is 614 g/mol. The summed E-state index contributed by atoms with van der Waals surface area (Å²) in [6.07, 6.45) is 13.2. The highest BCUT2D eigenvalue weighted by Gasteiger charge is 2.13. The first kappa shape index (κ1) is 36.8. The van der Waals surface area contributed by atoms with Gasteiger partial charge < -0.3 is 44.0 Å². The first-order chi connectivity index (χ1) is 23.1. The van der Waals surface area contributed by atoms with Crippen LogP contribution in [0.5, 0.6) is 34.5 Å². The number of rotatable bonds is 16. The summed E-state index contributed by atoms with van der Waals surface area (Å²) in [4.78, 5) is 27.5. The van der Waals surface area contributed by atoms with Crippen LogP contribution in [0.4, 0.5) is 11.4 Å². The van der Waals surface area contributed by atoms with Crippen LogP contribution < -0.4 is 39.1 Å². The second-order valence-electron chi connectivity index (χ2n) is 10.5. The van der Waals surface area contributed by atoms with Gasteiger partial charge >= 0.3 is 0 Å². The van der Waals surface area contributed by atoms with E-state index >= 15 is 0 Å². The average molecular weight is 658 g/mol. The third-order valence-corrected chi connectivity index (χ3v) is 6.70. The fourth-order valence-corrected chi connectivity index (χ4v) is 4.68. The van der Waals surface area contributed by atoms with Crippen LogP contribution in [0.3, 0.4) is 0 Å². The van der Waals surface area contributed by atoms with Crippen molar-refractivity contribution >= 4 is 35.3 Å². The van der Waals surface area contributed by atoms with Crippen molar-refractivity contribution in [3.63, 3.8) is 0 Å². The van der Waals surface area contributed by atoms with E-state index < -0.39 is 0 Å². The van der Waals surface area contributed by atoms with Gasteiger partial charge in [0.2, 0.25) is 23.3 Å². The molecule has 3 aromatic carbocycles. The molecule has 48 heavy (non-hydrogen) atoms. The number of allylic oxidation sites excluding steroid dienone is 4. The monoisotopic (exact) mass is 657 g/mol. The standard InChI is InChI=1S/C37H43N3O8/c1-40(2)24-27-17-28(38-34(41)15-11-9-13-25-19-30(43-3)36(47-7)31(20-25)44-4)23-29(18-27)39-35(42)16-12-10-14-26-21-32(45-5)37(48-8)33(22-26)46-6/h9-23H,24H2,1-8H3,(H,38,41)(H,39,42)/b13-9+,14-10+,15-11+,16-12+. The number of carbonyl (C=O) groups excluding carboxylic acids is 2.